The van der Waals surface area contributed by atoms with Gasteiger partial charge < -0.3 is 9.47 Å². The van der Waals surface area contributed by atoms with Gasteiger partial charge in [0, 0.05) is 12.8 Å². The molecule has 30 heavy (non-hydrogen) atoms. The first-order valence-electron chi connectivity index (χ1n) is 12.6. The molecule has 0 aliphatic heterocycles. The standard InChI is InChI=1S/C28H50O2/c1-5-29-27(3)25-23-21-19-17-15-13-11-9-7-8-10-12-14-16-18-20-22-24-26-28(4)30-6-2/h5-6H,1-4,7-26H2. The van der Waals surface area contributed by atoms with Crippen molar-refractivity contribution in [2.75, 3.05) is 0 Å². The quantitative estimate of drug-likeness (QED) is 0.108. The number of unbranched alkanes of at least 4 members (excludes halogenated alkanes) is 17. The SMILES string of the molecule is C=COC(=C)CCCCCCCCCCCCCCCCCCCCC(=C)OC=C. The van der Waals surface area contributed by atoms with E-state index in [1.807, 2.05) is 0 Å². The van der Waals surface area contributed by atoms with Gasteiger partial charge in [0.2, 0.25) is 0 Å². The predicted octanol–water partition coefficient (Wildman–Crippen LogP) is 10.1. The Hall–Kier alpha value is -1.44. The molecule has 0 aliphatic carbocycles. The first kappa shape index (κ1) is 28.6. The highest BCUT2D eigenvalue weighted by Crippen LogP contribution is 2.16. The minimum absolute atomic E-state index is 0.846. The Morgan fingerprint density at radius 1 is 0.400 bits per heavy atom. The van der Waals surface area contributed by atoms with Gasteiger partial charge in [-0.05, 0) is 12.8 Å². The van der Waals surface area contributed by atoms with Crippen LogP contribution in [-0.4, -0.2) is 0 Å². The van der Waals surface area contributed by atoms with Gasteiger partial charge in [-0.2, -0.15) is 0 Å². The second-order valence-electron chi connectivity index (χ2n) is 8.51. The normalized spacial score (nSPS) is 10.5. The largest absolute Gasteiger partial charge is 0.471 e. The van der Waals surface area contributed by atoms with Gasteiger partial charge in [-0.3, -0.25) is 0 Å². The van der Waals surface area contributed by atoms with Crippen LogP contribution in [0.25, 0.3) is 0 Å². The number of hydrogen-bond donors (Lipinski definition) is 0. The molecule has 0 spiro atoms. The van der Waals surface area contributed by atoms with Crippen molar-refractivity contribution in [3.63, 3.8) is 0 Å². The fourth-order valence-corrected chi connectivity index (χ4v) is 3.83. The molecule has 0 unspecified atom stereocenters. The molecular formula is C28H50O2. The molecule has 0 atom stereocenters. The first-order chi connectivity index (χ1) is 14.7. The van der Waals surface area contributed by atoms with E-state index >= 15 is 0 Å². The summed E-state index contributed by atoms with van der Waals surface area (Å²) < 4.78 is 10.3. The lowest BCUT2D eigenvalue weighted by atomic mass is 10.0. The highest BCUT2D eigenvalue weighted by Gasteiger charge is 1.97. The van der Waals surface area contributed by atoms with Crippen LogP contribution in [0.3, 0.4) is 0 Å². The fourth-order valence-electron chi connectivity index (χ4n) is 3.83. The third-order valence-electron chi connectivity index (χ3n) is 5.66. The summed E-state index contributed by atoms with van der Waals surface area (Å²) in [5.74, 6) is 1.69. The second kappa shape index (κ2) is 23.8. The lowest BCUT2D eigenvalue weighted by molar-refractivity contribution is 0.331. The lowest BCUT2D eigenvalue weighted by Gasteiger charge is -2.05. The summed E-state index contributed by atoms with van der Waals surface area (Å²) in [6.45, 7) is 14.8. The smallest absolute Gasteiger partial charge is 0.0960 e. The van der Waals surface area contributed by atoms with Crippen molar-refractivity contribution < 1.29 is 9.47 Å². The van der Waals surface area contributed by atoms with Crippen molar-refractivity contribution in [2.24, 2.45) is 0 Å². The Morgan fingerprint density at radius 3 is 0.800 bits per heavy atom. The number of rotatable bonds is 25. The van der Waals surface area contributed by atoms with E-state index < -0.39 is 0 Å². The molecular weight excluding hydrogens is 368 g/mol. The molecule has 0 aliphatic rings. The van der Waals surface area contributed by atoms with E-state index in [1.54, 1.807) is 0 Å². The van der Waals surface area contributed by atoms with Crippen molar-refractivity contribution in [2.45, 2.75) is 128 Å². The maximum Gasteiger partial charge on any atom is 0.0960 e. The van der Waals surface area contributed by atoms with Crippen LogP contribution in [-0.2, 0) is 9.47 Å². The van der Waals surface area contributed by atoms with E-state index in [-0.39, 0.29) is 0 Å². The number of hydrogen-bond acceptors (Lipinski definition) is 2. The molecule has 0 aromatic carbocycles. The molecule has 0 radical (unpaired) electrons. The van der Waals surface area contributed by atoms with Gasteiger partial charge >= 0.3 is 0 Å². The molecule has 0 N–H and O–H groups in total. The van der Waals surface area contributed by atoms with Crippen LogP contribution >= 0.6 is 0 Å². The first-order valence-corrected chi connectivity index (χ1v) is 12.6. The zero-order valence-corrected chi connectivity index (χ0v) is 19.9. The molecule has 0 aromatic rings. The lowest BCUT2D eigenvalue weighted by Crippen LogP contribution is -1.86. The zero-order chi connectivity index (χ0) is 22.1. The Morgan fingerprint density at radius 2 is 0.600 bits per heavy atom. The van der Waals surface area contributed by atoms with Gasteiger partial charge in [0.1, 0.15) is 0 Å². The van der Waals surface area contributed by atoms with Crippen molar-refractivity contribution in [3.05, 3.63) is 50.4 Å². The minimum Gasteiger partial charge on any atom is -0.471 e. The Labute approximate surface area is 188 Å². The van der Waals surface area contributed by atoms with Crippen LogP contribution in [0.2, 0.25) is 0 Å². The topological polar surface area (TPSA) is 18.5 Å². The van der Waals surface area contributed by atoms with Crippen LogP contribution in [0.5, 0.6) is 0 Å². The fraction of sp³-hybridized carbons (Fsp3) is 0.714. The Bertz CT molecular complexity index is 384. The monoisotopic (exact) mass is 418 g/mol. The summed E-state index contributed by atoms with van der Waals surface area (Å²) in [7, 11) is 0. The summed E-state index contributed by atoms with van der Waals surface area (Å²) in [5, 5.41) is 0. The Balaban J connectivity index is 3.09. The maximum absolute atomic E-state index is 5.15. The summed E-state index contributed by atoms with van der Waals surface area (Å²) >= 11 is 0. The molecule has 0 aromatic heterocycles. The highest BCUT2D eigenvalue weighted by molar-refractivity contribution is 4.84. The van der Waals surface area contributed by atoms with Gasteiger partial charge in [-0.1, -0.05) is 129 Å². The van der Waals surface area contributed by atoms with Gasteiger partial charge in [0.05, 0.1) is 24.0 Å². The van der Waals surface area contributed by atoms with E-state index in [0.29, 0.717) is 0 Å². The second-order valence-corrected chi connectivity index (χ2v) is 8.51. The van der Waals surface area contributed by atoms with Gasteiger partial charge in [0.15, 0.2) is 0 Å². The average Bonchev–Trinajstić information content (AvgIpc) is 2.72. The summed E-state index contributed by atoms with van der Waals surface area (Å²) in [6, 6.07) is 0. The number of ether oxygens (including phenoxy) is 2. The van der Waals surface area contributed by atoms with Gasteiger partial charge in [0.25, 0.3) is 0 Å². The Kier molecular flexibility index (Phi) is 22.7. The molecule has 0 saturated carbocycles. The van der Waals surface area contributed by atoms with Crippen LogP contribution in [0.1, 0.15) is 128 Å². The summed E-state index contributed by atoms with van der Waals surface area (Å²) in [4.78, 5) is 0. The van der Waals surface area contributed by atoms with Crippen LogP contribution in [0.4, 0.5) is 0 Å². The molecule has 0 saturated heterocycles. The average molecular weight is 419 g/mol. The minimum atomic E-state index is 0.846. The predicted molar refractivity (Wildman–Crippen MR) is 133 cm³/mol. The summed E-state index contributed by atoms with van der Waals surface area (Å²) in [6.07, 6.45) is 29.5. The van der Waals surface area contributed by atoms with Gasteiger partial charge in [-0.15, -0.1) is 0 Å². The molecule has 0 fully saturated rings. The summed E-state index contributed by atoms with van der Waals surface area (Å²) in [5.41, 5.74) is 0. The molecule has 174 valence electrons. The van der Waals surface area contributed by atoms with Crippen LogP contribution < -0.4 is 0 Å². The van der Waals surface area contributed by atoms with Gasteiger partial charge in [-0.25, -0.2) is 0 Å². The molecule has 0 amide bonds. The van der Waals surface area contributed by atoms with E-state index in [9.17, 15) is 0 Å². The van der Waals surface area contributed by atoms with Crippen molar-refractivity contribution in [1.29, 1.82) is 0 Å². The van der Waals surface area contributed by atoms with Crippen molar-refractivity contribution in [3.8, 4) is 0 Å². The molecule has 2 nitrogen and oxygen atoms in total. The van der Waals surface area contributed by atoms with Crippen molar-refractivity contribution >= 4 is 0 Å². The molecule has 2 heteroatoms. The molecule has 0 rings (SSSR count). The third kappa shape index (κ3) is 22.8. The van der Waals surface area contributed by atoms with Crippen molar-refractivity contribution in [1.82, 2.24) is 0 Å². The van der Waals surface area contributed by atoms with E-state index in [4.69, 9.17) is 9.47 Å². The van der Waals surface area contributed by atoms with Crippen LogP contribution in [0, 0.1) is 0 Å². The maximum atomic E-state index is 5.15. The third-order valence-corrected chi connectivity index (χ3v) is 5.66. The molecule has 0 bridgehead atoms. The molecule has 0 heterocycles. The van der Waals surface area contributed by atoms with Crippen LogP contribution in [0.15, 0.2) is 50.4 Å². The van der Waals surface area contributed by atoms with E-state index in [2.05, 4.69) is 26.3 Å². The van der Waals surface area contributed by atoms with E-state index in [0.717, 1.165) is 24.4 Å². The highest BCUT2D eigenvalue weighted by atomic mass is 16.5. The van der Waals surface area contributed by atoms with E-state index in [1.165, 1.54) is 128 Å². The number of allylic oxidation sites excluding steroid dienone is 2. The zero-order valence-electron chi connectivity index (χ0n) is 19.9.